The van der Waals surface area contributed by atoms with Gasteiger partial charge in [0.15, 0.2) is 0 Å². The minimum atomic E-state index is -0.110. The summed E-state index contributed by atoms with van der Waals surface area (Å²) >= 11 is 5.95. The highest BCUT2D eigenvalue weighted by atomic mass is 35.5. The Labute approximate surface area is 152 Å². The fourth-order valence-electron chi connectivity index (χ4n) is 3.42. The van der Waals surface area contributed by atoms with Gasteiger partial charge in [-0.3, -0.25) is 4.79 Å². The van der Waals surface area contributed by atoms with Crippen LogP contribution in [0.3, 0.4) is 0 Å². The average Bonchev–Trinajstić information content (AvgIpc) is 3.02. The van der Waals surface area contributed by atoms with Gasteiger partial charge in [-0.1, -0.05) is 41.4 Å². The van der Waals surface area contributed by atoms with E-state index >= 15 is 0 Å². The number of rotatable bonds is 2. The quantitative estimate of drug-likeness (QED) is 0.646. The number of aromatic nitrogens is 2. The molecule has 126 valence electrons. The molecule has 0 fully saturated rings. The van der Waals surface area contributed by atoms with E-state index in [0.29, 0.717) is 10.6 Å². The van der Waals surface area contributed by atoms with Gasteiger partial charge >= 0.3 is 0 Å². The van der Waals surface area contributed by atoms with Gasteiger partial charge < -0.3 is 0 Å². The van der Waals surface area contributed by atoms with Gasteiger partial charge in [0.05, 0.1) is 11.4 Å². The van der Waals surface area contributed by atoms with Crippen molar-refractivity contribution < 1.29 is 4.79 Å². The maximum atomic E-state index is 13.1. The van der Waals surface area contributed by atoms with Crippen molar-refractivity contribution in [2.45, 2.75) is 32.6 Å². The topological polar surface area (TPSA) is 34.9 Å². The van der Waals surface area contributed by atoms with Crippen LogP contribution in [-0.4, -0.2) is 15.7 Å². The van der Waals surface area contributed by atoms with Crippen LogP contribution in [0, 0.1) is 6.92 Å². The molecule has 0 saturated carbocycles. The Hall–Kier alpha value is -2.39. The van der Waals surface area contributed by atoms with Crippen LogP contribution in [0.5, 0.6) is 0 Å². The number of fused-ring (bicyclic) bond motifs is 1. The zero-order chi connectivity index (χ0) is 17.4. The van der Waals surface area contributed by atoms with Crippen molar-refractivity contribution in [3.8, 4) is 11.3 Å². The first-order chi connectivity index (χ1) is 12.1. The minimum absolute atomic E-state index is 0.110. The molecule has 4 rings (SSSR count). The van der Waals surface area contributed by atoms with E-state index in [-0.39, 0.29) is 5.91 Å². The van der Waals surface area contributed by atoms with E-state index in [9.17, 15) is 4.79 Å². The summed E-state index contributed by atoms with van der Waals surface area (Å²) in [5.74, 6) is -0.110. The molecule has 2 aromatic carbocycles. The minimum Gasteiger partial charge on any atom is -0.267 e. The van der Waals surface area contributed by atoms with Crippen LogP contribution in [0.2, 0.25) is 5.02 Å². The van der Waals surface area contributed by atoms with Crippen LogP contribution in [0.25, 0.3) is 11.3 Å². The lowest BCUT2D eigenvalue weighted by Gasteiger charge is -2.12. The molecular weight excluding hydrogens is 332 g/mol. The van der Waals surface area contributed by atoms with Crippen LogP contribution in [0.1, 0.15) is 40.0 Å². The SMILES string of the molecule is Cc1ccc(-c2c3c(nn2C(=O)c2ccc(Cl)cc2)CCCC3)cc1. The molecule has 3 nitrogen and oxygen atoms in total. The second-order valence-corrected chi connectivity index (χ2v) is 7.01. The number of halogens is 1. The maximum Gasteiger partial charge on any atom is 0.278 e. The van der Waals surface area contributed by atoms with E-state index in [1.54, 1.807) is 28.9 Å². The standard InChI is InChI=1S/C21H19ClN2O/c1-14-6-8-15(9-7-14)20-18-4-2-3-5-19(18)23-24(20)21(25)16-10-12-17(22)13-11-16/h6-13H,2-5H2,1H3. The molecule has 1 aromatic heterocycles. The third-order valence-corrected chi connectivity index (χ3v) is 5.02. The maximum absolute atomic E-state index is 13.1. The van der Waals surface area contributed by atoms with Gasteiger partial charge in [0.1, 0.15) is 0 Å². The molecule has 1 aliphatic carbocycles. The number of carbonyl (C=O) groups excluding carboxylic acids is 1. The van der Waals surface area contributed by atoms with Gasteiger partial charge in [-0.25, -0.2) is 0 Å². The first-order valence-corrected chi connectivity index (χ1v) is 8.99. The Bertz CT molecular complexity index is 924. The highest BCUT2D eigenvalue weighted by Gasteiger charge is 2.25. The van der Waals surface area contributed by atoms with E-state index in [0.717, 1.165) is 42.6 Å². The van der Waals surface area contributed by atoms with Crippen molar-refractivity contribution in [1.29, 1.82) is 0 Å². The van der Waals surface area contributed by atoms with Gasteiger partial charge in [-0.2, -0.15) is 9.78 Å². The highest BCUT2D eigenvalue weighted by Crippen LogP contribution is 2.32. The smallest absolute Gasteiger partial charge is 0.267 e. The molecule has 1 heterocycles. The Morgan fingerprint density at radius 3 is 2.40 bits per heavy atom. The Morgan fingerprint density at radius 2 is 1.68 bits per heavy atom. The summed E-state index contributed by atoms with van der Waals surface area (Å²) in [6, 6.07) is 15.3. The van der Waals surface area contributed by atoms with E-state index < -0.39 is 0 Å². The number of benzene rings is 2. The molecular formula is C21H19ClN2O. The van der Waals surface area contributed by atoms with Crippen LogP contribution in [0.15, 0.2) is 48.5 Å². The monoisotopic (exact) mass is 350 g/mol. The van der Waals surface area contributed by atoms with Gasteiger partial charge in [-0.05, 0) is 56.9 Å². The predicted molar refractivity (Wildman–Crippen MR) is 100 cm³/mol. The second kappa shape index (κ2) is 6.49. The predicted octanol–water partition coefficient (Wildman–Crippen LogP) is 5.08. The van der Waals surface area contributed by atoms with E-state index in [1.165, 1.54) is 11.1 Å². The van der Waals surface area contributed by atoms with Crippen molar-refractivity contribution in [2.24, 2.45) is 0 Å². The summed E-state index contributed by atoms with van der Waals surface area (Å²) < 4.78 is 1.59. The number of hydrogen-bond donors (Lipinski definition) is 0. The fourth-order valence-corrected chi connectivity index (χ4v) is 3.55. The molecule has 25 heavy (non-hydrogen) atoms. The molecule has 0 amide bonds. The summed E-state index contributed by atoms with van der Waals surface area (Å²) in [5.41, 5.74) is 6.06. The highest BCUT2D eigenvalue weighted by molar-refractivity contribution is 6.30. The summed E-state index contributed by atoms with van der Waals surface area (Å²) in [6.07, 6.45) is 4.20. The van der Waals surface area contributed by atoms with E-state index in [4.69, 9.17) is 11.6 Å². The molecule has 4 heteroatoms. The third-order valence-electron chi connectivity index (χ3n) is 4.77. The molecule has 0 N–H and O–H groups in total. The molecule has 1 aliphatic rings. The average molecular weight is 351 g/mol. The largest absolute Gasteiger partial charge is 0.278 e. The number of carbonyl (C=O) groups is 1. The summed E-state index contributed by atoms with van der Waals surface area (Å²) in [5, 5.41) is 5.30. The normalized spacial score (nSPS) is 13.5. The first-order valence-electron chi connectivity index (χ1n) is 8.61. The molecule has 3 aromatic rings. The lowest BCUT2D eigenvalue weighted by molar-refractivity contribution is 0.0946. The first kappa shape index (κ1) is 16.1. The number of hydrogen-bond acceptors (Lipinski definition) is 2. The van der Waals surface area contributed by atoms with Crippen LogP contribution >= 0.6 is 11.6 Å². The van der Waals surface area contributed by atoms with E-state index in [2.05, 4.69) is 36.3 Å². The zero-order valence-corrected chi connectivity index (χ0v) is 14.9. The molecule has 0 aliphatic heterocycles. The molecule has 0 saturated heterocycles. The molecule has 0 atom stereocenters. The number of aryl methyl sites for hydroxylation is 2. The molecule has 0 spiro atoms. The second-order valence-electron chi connectivity index (χ2n) is 6.57. The summed E-state index contributed by atoms with van der Waals surface area (Å²) in [6.45, 7) is 2.06. The van der Waals surface area contributed by atoms with Crippen molar-refractivity contribution >= 4 is 17.5 Å². The molecule has 0 bridgehead atoms. The number of nitrogens with zero attached hydrogens (tertiary/aromatic N) is 2. The third kappa shape index (κ3) is 3.00. The summed E-state index contributed by atoms with van der Waals surface area (Å²) in [4.78, 5) is 13.1. The van der Waals surface area contributed by atoms with Gasteiger partial charge in [0.25, 0.3) is 5.91 Å². The van der Waals surface area contributed by atoms with Crippen molar-refractivity contribution in [3.05, 3.63) is 75.9 Å². The van der Waals surface area contributed by atoms with Gasteiger partial charge in [-0.15, -0.1) is 0 Å². The molecule has 0 unspecified atom stereocenters. The summed E-state index contributed by atoms with van der Waals surface area (Å²) in [7, 11) is 0. The van der Waals surface area contributed by atoms with E-state index in [1.807, 2.05) is 0 Å². The Kier molecular flexibility index (Phi) is 4.18. The van der Waals surface area contributed by atoms with Crippen LogP contribution in [0.4, 0.5) is 0 Å². The Morgan fingerprint density at radius 1 is 1.00 bits per heavy atom. The van der Waals surface area contributed by atoms with Crippen LogP contribution < -0.4 is 0 Å². The lowest BCUT2D eigenvalue weighted by Crippen LogP contribution is -2.15. The van der Waals surface area contributed by atoms with Crippen molar-refractivity contribution in [3.63, 3.8) is 0 Å². The van der Waals surface area contributed by atoms with Crippen molar-refractivity contribution in [2.75, 3.05) is 0 Å². The van der Waals surface area contributed by atoms with Crippen molar-refractivity contribution in [1.82, 2.24) is 9.78 Å². The van der Waals surface area contributed by atoms with Gasteiger partial charge in [0, 0.05) is 21.7 Å². The van der Waals surface area contributed by atoms with Gasteiger partial charge in [0.2, 0.25) is 0 Å². The Balaban J connectivity index is 1.86. The lowest BCUT2D eigenvalue weighted by atomic mass is 9.93. The fraction of sp³-hybridized carbons (Fsp3) is 0.238. The molecule has 0 radical (unpaired) electrons. The zero-order valence-electron chi connectivity index (χ0n) is 14.1. The van der Waals surface area contributed by atoms with Crippen LogP contribution in [-0.2, 0) is 12.8 Å².